The molecule has 4 aromatic rings. The number of nitrogens with one attached hydrogen (secondary N) is 3. The lowest BCUT2D eigenvalue weighted by atomic mass is 10.0. The highest BCUT2D eigenvalue weighted by Gasteiger charge is 2.29. The van der Waals surface area contributed by atoms with Crippen LogP contribution in [0.4, 0.5) is 22.1 Å². The van der Waals surface area contributed by atoms with Gasteiger partial charge in [-0.3, -0.25) is 9.59 Å². The number of likely N-dealkylation sites (tertiary alicyclic amines) is 1. The fourth-order valence-corrected chi connectivity index (χ4v) is 6.35. The van der Waals surface area contributed by atoms with Crippen LogP contribution in [-0.4, -0.2) is 93.6 Å². The first-order valence-corrected chi connectivity index (χ1v) is 16.8. The SMILES string of the molecule is C=CC(=O)Nc1ccc(C(=O)N2CCC(Nc3ncc(Cl)c(-c4c[nH]c5ccccc45)n3)CC2)cc1N1CCN(C(=O)OC(C)(C)C)CC1. The zero-order valence-corrected chi connectivity index (χ0v) is 28.7. The summed E-state index contributed by atoms with van der Waals surface area (Å²) in [6.45, 7) is 12.1. The molecule has 12 nitrogen and oxygen atoms in total. The van der Waals surface area contributed by atoms with E-state index in [2.05, 4.69) is 32.1 Å². The number of benzene rings is 2. The lowest BCUT2D eigenvalue weighted by Gasteiger charge is -2.37. The molecular formula is C36H41ClN8O4. The molecule has 6 rings (SSSR count). The van der Waals surface area contributed by atoms with Crippen LogP contribution in [0.5, 0.6) is 0 Å². The standard InChI is InChI=1S/C36H41ClN8O4/c1-5-31(46)41-29-11-10-23(20-30(29)43-16-18-45(19-17-43)35(48)49-36(2,3)4)33(47)44-14-12-24(13-15-44)40-34-39-22-27(37)32(42-34)26-21-38-28-9-7-6-8-25(26)28/h5-11,20-22,24,38H,1,12-19H2,2-4H3,(H,41,46)(H,39,40,42). The van der Waals surface area contributed by atoms with Crippen LogP contribution >= 0.6 is 11.6 Å². The minimum Gasteiger partial charge on any atom is -0.444 e. The van der Waals surface area contributed by atoms with Crippen molar-refractivity contribution in [1.29, 1.82) is 0 Å². The molecule has 2 aliphatic rings. The number of amides is 3. The fourth-order valence-electron chi connectivity index (χ4n) is 6.16. The summed E-state index contributed by atoms with van der Waals surface area (Å²) in [6.07, 6.45) is 5.80. The average molecular weight is 685 g/mol. The van der Waals surface area contributed by atoms with Crippen molar-refractivity contribution in [2.75, 3.05) is 54.8 Å². The summed E-state index contributed by atoms with van der Waals surface area (Å²) >= 11 is 6.53. The first-order chi connectivity index (χ1) is 23.5. The summed E-state index contributed by atoms with van der Waals surface area (Å²) in [4.78, 5) is 56.7. The molecule has 3 N–H and O–H groups in total. The number of carbonyl (C=O) groups excluding carboxylic acids is 3. The topological polar surface area (TPSA) is 136 Å². The fraction of sp³-hybridized carbons (Fsp3) is 0.361. The van der Waals surface area contributed by atoms with E-state index in [1.807, 2.05) is 62.2 Å². The molecule has 0 unspecified atom stereocenters. The number of piperidine rings is 1. The van der Waals surface area contributed by atoms with Gasteiger partial charge in [0.25, 0.3) is 5.91 Å². The van der Waals surface area contributed by atoms with Crippen molar-refractivity contribution in [1.82, 2.24) is 24.8 Å². The summed E-state index contributed by atoms with van der Waals surface area (Å²) in [5.41, 5.74) is 3.79. The first-order valence-electron chi connectivity index (χ1n) is 16.4. The third kappa shape index (κ3) is 7.80. The molecule has 2 saturated heterocycles. The van der Waals surface area contributed by atoms with Crippen LogP contribution in [0.15, 0.2) is 67.5 Å². The van der Waals surface area contributed by atoms with Crippen molar-refractivity contribution in [2.24, 2.45) is 0 Å². The molecule has 0 bridgehead atoms. The number of aromatic nitrogens is 3. The van der Waals surface area contributed by atoms with E-state index in [1.165, 1.54) is 6.08 Å². The quantitative estimate of drug-likeness (QED) is 0.197. The smallest absolute Gasteiger partial charge is 0.410 e. The number of nitrogens with zero attached hydrogens (tertiary/aromatic N) is 5. The van der Waals surface area contributed by atoms with Crippen LogP contribution in [0.25, 0.3) is 22.2 Å². The molecule has 0 saturated carbocycles. The zero-order chi connectivity index (χ0) is 34.7. The number of aromatic amines is 1. The lowest BCUT2D eigenvalue weighted by molar-refractivity contribution is -0.111. The van der Waals surface area contributed by atoms with Crippen LogP contribution in [-0.2, 0) is 9.53 Å². The Labute approximate surface area is 290 Å². The van der Waals surface area contributed by atoms with Gasteiger partial charge < -0.3 is 35.1 Å². The van der Waals surface area contributed by atoms with E-state index < -0.39 is 5.60 Å². The van der Waals surface area contributed by atoms with Gasteiger partial charge in [0.1, 0.15) is 5.60 Å². The summed E-state index contributed by atoms with van der Waals surface area (Å²) < 4.78 is 5.54. The highest BCUT2D eigenvalue weighted by molar-refractivity contribution is 6.33. The maximum Gasteiger partial charge on any atom is 0.410 e. The Bertz CT molecular complexity index is 1870. The number of halogens is 1. The largest absolute Gasteiger partial charge is 0.444 e. The highest BCUT2D eigenvalue weighted by atomic mass is 35.5. The Morgan fingerprint density at radius 2 is 1.76 bits per heavy atom. The van der Waals surface area contributed by atoms with Crippen LogP contribution in [0.1, 0.15) is 44.0 Å². The molecule has 3 amide bonds. The van der Waals surface area contributed by atoms with Crippen LogP contribution in [0, 0.1) is 0 Å². The Balaban J connectivity index is 1.11. The molecule has 2 aromatic carbocycles. The predicted molar refractivity (Wildman–Crippen MR) is 192 cm³/mol. The van der Waals surface area contributed by atoms with Crippen molar-refractivity contribution < 1.29 is 19.1 Å². The second kappa shape index (κ2) is 14.2. The summed E-state index contributed by atoms with van der Waals surface area (Å²) in [5, 5.41) is 7.81. The molecule has 0 atom stereocenters. The monoisotopic (exact) mass is 684 g/mol. The molecule has 0 radical (unpaired) electrons. The van der Waals surface area contributed by atoms with Gasteiger partial charge in [-0.15, -0.1) is 0 Å². The highest BCUT2D eigenvalue weighted by Crippen LogP contribution is 2.33. The second-order valence-corrected chi connectivity index (χ2v) is 13.6. The maximum atomic E-state index is 13.8. The third-order valence-electron chi connectivity index (χ3n) is 8.66. The number of carbonyl (C=O) groups is 3. The van der Waals surface area contributed by atoms with E-state index in [0.717, 1.165) is 16.5 Å². The van der Waals surface area contributed by atoms with E-state index in [0.29, 0.717) is 85.7 Å². The van der Waals surface area contributed by atoms with Crippen molar-refractivity contribution >= 4 is 57.7 Å². The molecule has 4 heterocycles. The van der Waals surface area contributed by atoms with E-state index in [1.54, 1.807) is 23.2 Å². The minimum atomic E-state index is -0.582. The molecule has 2 aromatic heterocycles. The van der Waals surface area contributed by atoms with Gasteiger partial charge in [-0.1, -0.05) is 36.4 Å². The van der Waals surface area contributed by atoms with Gasteiger partial charge in [-0.2, -0.15) is 0 Å². The van der Waals surface area contributed by atoms with Gasteiger partial charge in [0.05, 0.1) is 28.3 Å². The number of hydrogen-bond donors (Lipinski definition) is 3. The third-order valence-corrected chi connectivity index (χ3v) is 8.94. The van der Waals surface area contributed by atoms with Crippen LogP contribution < -0.4 is 15.5 Å². The number of anilines is 3. The number of hydrogen-bond acceptors (Lipinski definition) is 8. The lowest BCUT2D eigenvalue weighted by Crippen LogP contribution is -2.50. The van der Waals surface area contributed by atoms with E-state index in [9.17, 15) is 14.4 Å². The molecule has 256 valence electrons. The van der Waals surface area contributed by atoms with Gasteiger partial charge in [0.2, 0.25) is 11.9 Å². The number of para-hydroxylation sites is 1. The molecule has 13 heteroatoms. The van der Waals surface area contributed by atoms with Gasteiger partial charge in [0.15, 0.2) is 0 Å². The van der Waals surface area contributed by atoms with Gasteiger partial charge in [-0.25, -0.2) is 14.8 Å². The number of H-pyrrole nitrogens is 1. The number of ether oxygens (including phenoxy) is 1. The molecule has 0 aliphatic carbocycles. The van der Waals surface area contributed by atoms with E-state index >= 15 is 0 Å². The first kappa shape index (κ1) is 33.8. The molecule has 2 aliphatic heterocycles. The van der Waals surface area contributed by atoms with Crippen molar-refractivity contribution in [3.63, 3.8) is 0 Å². The number of rotatable bonds is 7. The predicted octanol–water partition coefficient (Wildman–Crippen LogP) is 6.18. The molecular weight excluding hydrogens is 644 g/mol. The van der Waals surface area contributed by atoms with Gasteiger partial charge >= 0.3 is 6.09 Å². The van der Waals surface area contributed by atoms with Crippen LogP contribution in [0.2, 0.25) is 5.02 Å². The van der Waals surface area contributed by atoms with E-state index in [4.69, 9.17) is 21.3 Å². The Morgan fingerprint density at radius 1 is 1.02 bits per heavy atom. The van der Waals surface area contributed by atoms with E-state index in [-0.39, 0.29) is 23.9 Å². The average Bonchev–Trinajstić information content (AvgIpc) is 3.52. The Kier molecular flexibility index (Phi) is 9.77. The molecule has 2 fully saturated rings. The van der Waals surface area contributed by atoms with Crippen molar-refractivity contribution in [2.45, 2.75) is 45.3 Å². The summed E-state index contributed by atoms with van der Waals surface area (Å²) in [5.74, 6) is 0.0570. The van der Waals surface area contributed by atoms with Crippen molar-refractivity contribution in [3.8, 4) is 11.3 Å². The van der Waals surface area contributed by atoms with Crippen molar-refractivity contribution in [3.05, 3.63) is 78.1 Å². The summed E-state index contributed by atoms with van der Waals surface area (Å²) in [6, 6.07) is 13.4. The number of piperazine rings is 1. The summed E-state index contributed by atoms with van der Waals surface area (Å²) in [7, 11) is 0. The normalized spacial score (nSPS) is 15.6. The van der Waals surface area contributed by atoms with Gasteiger partial charge in [0, 0.05) is 73.5 Å². The second-order valence-electron chi connectivity index (χ2n) is 13.2. The Hall–Kier alpha value is -5.10. The zero-order valence-electron chi connectivity index (χ0n) is 28.0. The maximum absolute atomic E-state index is 13.8. The molecule has 49 heavy (non-hydrogen) atoms. The molecule has 0 spiro atoms. The number of fused-ring (bicyclic) bond motifs is 1. The van der Waals surface area contributed by atoms with Gasteiger partial charge in [-0.05, 0) is 64.0 Å². The minimum absolute atomic E-state index is 0.0781. The Morgan fingerprint density at radius 3 is 2.47 bits per heavy atom. The van der Waals surface area contributed by atoms with Crippen LogP contribution in [0.3, 0.4) is 0 Å².